The van der Waals surface area contributed by atoms with E-state index >= 15 is 0 Å². The van der Waals surface area contributed by atoms with E-state index in [1.54, 1.807) is 0 Å². The zero-order valence-electron chi connectivity index (χ0n) is 9.79. The minimum absolute atomic E-state index is 0.292. The quantitative estimate of drug-likeness (QED) is 0.721. The first kappa shape index (κ1) is 10.3. The van der Waals surface area contributed by atoms with Gasteiger partial charge in [-0.3, -0.25) is 0 Å². The smallest absolute Gasteiger partial charge is 0.172 e. The normalized spacial score (nSPS) is 22.3. The lowest BCUT2D eigenvalue weighted by atomic mass is 9.84. The van der Waals surface area contributed by atoms with Gasteiger partial charge in [0, 0.05) is 12.8 Å². The molecular formula is C14H18O2. The van der Waals surface area contributed by atoms with Crippen molar-refractivity contribution in [2.45, 2.75) is 38.4 Å². The van der Waals surface area contributed by atoms with E-state index in [-0.39, 0.29) is 5.79 Å². The maximum Gasteiger partial charge on any atom is 0.172 e. The van der Waals surface area contributed by atoms with Gasteiger partial charge in [0.25, 0.3) is 0 Å². The van der Waals surface area contributed by atoms with Crippen molar-refractivity contribution in [1.82, 2.24) is 0 Å². The standard InChI is InChI=1S/C14H18O2/c1-2-11-4-3-5-12-10-14(7-6-13(11)12)15-8-9-16-14/h3-5H,2,6-10H2,1H3. The number of fused-ring (bicyclic) bond motifs is 1. The summed E-state index contributed by atoms with van der Waals surface area (Å²) in [7, 11) is 0. The van der Waals surface area contributed by atoms with Crippen LogP contribution >= 0.6 is 0 Å². The maximum atomic E-state index is 5.79. The van der Waals surface area contributed by atoms with E-state index in [1.165, 1.54) is 16.7 Å². The number of hydrogen-bond acceptors (Lipinski definition) is 2. The van der Waals surface area contributed by atoms with E-state index in [4.69, 9.17) is 9.47 Å². The van der Waals surface area contributed by atoms with Crippen LogP contribution in [0.25, 0.3) is 0 Å². The van der Waals surface area contributed by atoms with Crippen LogP contribution in [0.5, 0.6) is 0 Å². The Balaban J connectivity index is 1.94. The first-order chi connectivity index (χ1) is 7.83. The van der Waals surface area contributed by atoms with Crippen molar-refractivity contribution >= 4 is 0 Å². The van der Waals surface area contributed by atoms with Crippen LogP contribution in [0.2, 0.25) is 0 Å². The lowest BCUT2D eigenvalue weighted by Crippen LogP contribution is -2.37. The average molecular weight is 218 g/mol. The molecule has 16 heavy (non-hydrogen) atoms. The van der Waals surface area contributed by atoms with E-state index in [0.717, 1.165) is 38.9 Å². The molecule has 0 unspecified atom stereocenters. The van der Waals surface area contributed by atoms with Crippen LogP contribution in [0, 0.1) is 0 Å². The Kier molecular flexibility index (Phi) is 2.49. The highest BCUT2D eigenvalue weighted by molar-refractivity contribution is 5.38. The third kappa shape index (κ3) is 1.57. The van der Waals surface area contributed by atoms with Crippen molar-refractivity contribution in [1.29, 1.82) is 0 Å². The van der Waals surface area contributed by atoms with E-state index in [2.05, 4.69) is 25.1 Å². The molecule has 1 heterocycles. The van der Waals surface area contributed by atoms with Crippen LogP contribution in [0.3, 0.4) is 0 Å². The molecule has 0 atom stereocenters. The predicted molar refractivity (Wildman–Crippen MR) is 62.5 cm³/mol. The molecule has 1 aliphatic carbocycles. The van der Waals surface area contributed by atoms with Gasteiger partial charge < -0.3 is 9.47 Å². The number of benzene rings is 1. The molecule has 1 saturated heterocycles. The molecule has 0 aromatic heterocycles. The number of ether oxygens (including phenoxy) is 2. The third-order valence-electron chi connectivity index (χ3n) is 3.78. The Hall–Kier alpha value is -0.860. The van der Waals surface area contributed by atoms with Crippen molar-refractivity contribution in [3.05, 3.63) is 34.9 Å². The van der Waals surface area contributed by atoms with Gasteiger partial charge in [0.15, 0.2) is 5.79 Å². The van der Waals surface area contributed by atoms with Gasteiger partial charge >= 0.3 is 0 Å². The second-order valence-electron chi connectivity index (χ2n) is 4.69. The molecule has 0 saturated carbocycles. The monoisotopic (exact) mass is 218 g/mol. The van der Waals surface area contributed by atoms with E-state index < -0.39 is 0 Å². The number of aryl methyl sites for hydroxylation is 1. The van der Waals surface area contributed by atoms with Gasteiger partial charge in [-0.2, -0.15) is 0 Å². The lowest BCUT2D eigenvalue weighted by Gasteiger charge is -2.33. The Morgan fingerprint density at radius 3 is 2.81 bits per heavy atom. The largest absolute Gasteiger partial charge is 0.347 e. The van der Waals surface area contributed by atoms with E-state index in [9.17, 15) is 0 Å². The molecule has 2 heteroatoms. The fraction of sp³-hybridized carbons (Fsp3) is 0.571. The molecule has 1 aromatic rings. The third-order valence-corrected chi connectivity index (χ3v) is 3.78. The summed E-state index contributed by atoms with van der Waals surface area (Å²) in [6, 6.07) is 6.62. The molecule has 86 valence electrons. The van der Waals surface area contributed by atoms with Crippen LogP contribution in [-0.2, 0) is 28.7 Å². The van der Waals surface area contributed by atoms with Crippen LogP contribution in [0.1, 0.15) is 30.0 Å². The Bertz CT molecular complexity index is 392. The van der Waals surface area contributed by atoms with Gasteiger partial charge in [0.05, 0.1) is 13.2 Å². The molecular weight excluding hydrogens is 200 g/mol. The number of rotatable bonds is 1. The fourth-order valence-corrected chi connectivity index (χ4v) is 2.94. The highest BCUT2D eigenvalue weighted by Gasteiger charge is 2.39. The minimum Gasteiger partial charge on any atom is -0.347 e. The highest BCUT2D eigenvalue weighted by Crippen LogP contribution is 2.36. The van der Waals surface area contributed by atoms with E-state index in [0.29, 0.717) is 0 Å². The second kappa shape index (κ2) is 3.86. The maximum absolute atomic E-state index is 5.79. The summed E-state index contributed by atoms with van der Waals surface area (Å²) < 4.78 is 11.6. The van der Waals surface area contributed by atoms with Gasteiger partial charge in [-0.05, 0) is 29.5 Å². The second-order valence-corrected chi connectivity index (χ2v) is 4.69. The molecule has 0 amide bonds. The van der Waals surface area contributed by atoms with Crippen molar-refractivity contribution in [2.75, 3.05) is 13.2 Å². The topological polar surface area (TPSA) is 18.5 Å². The predicted octanol–water partition coefficient (Wildman–Crippen LogP) is 2.48. The van der Waals surface area contributed by atoms with Crippen LogP contribution < -0.4 is 0 Å². The molecule has 0 radical (unpaired) electrons. The molecule has 2 aliphatic rings. The molecule has 1 spiro atoms. The fourth-order valence-electron chi connectivity index (χ4n) is 2.94. The van der Waals surface area contributed by atoms with Crippen molar-refractivity contribution < 1.29 is 9.47 Å². The van der Waals surface area contributed by atoms with Crippen molar-refractivity contribution in [3.63, 3.8) is 0 Å². The minimum atomic E-state index is -0.292. The van der Waals surface area contributed by atoms with Gasteiger partial charge in [-0.15, -0.1) is 0 Å². The summed E-state index contributed by atoms with van der Waals surface area (Å²) in [5.41, 5.74) is 4.45. The van der Waals surface area contributed by atoms with Crippen LogP contribution in [0.4, 0.5) is 0 Å². The Morgan fingerprint density at radius 2 is 2.06 bits per heavy atom. The molecule has 1 fully saturated rings. The van der Waals surface area contributed by atoms with Crippen LogP contribution in [-0.4, -0.2) is 19.0 Å². The molecule has 0 bridgehead atoms. The van der Waals surface area contributed by atoms with Gasteiger partial charge in [0.1, 0.15) is 0 Å². The van der Waals surface area contributed by atoms with Crippen LogP contribution in [0.15, 0.2) is 18.2 Å². The molecule has 0 N–H and O–H groups in total. The van der Waals surface area contributed by atoms with E-state index in [1.807, 2.05) is 0 Å². The molecule has 1 aromatic carbocycles. The Labute approximate surface area is 96.6 Å². The summed E-state index contributed by atoms with van der Waals surface area (Å²) in [6.45, 7) is 3.73. The first-order valence-electron chi connectivity index (χ1n) is 6.20. The van der Waals surface area contributed by atoms with Crippen molar-refractivity contribution in [3.8, 4) is 0 Å². The first-order valence-corrected chi connectivity index (χ1v) is 6.20. The molecule has 2 nitrogen and oxygen atoms in total. The molecule has 3 rings (SSSR count). The number of hydrogen-bond donors (Lipinski definition) is 0. The zero-order valence-corrected chi connectivity index (χ0v) is 9.79. The average Bonchev–Trinajstić information content (AvgIpc) is 2.76. The zero-order chi connectivity index (χ0) is 11.0. The Morgan fingerprint density at radius 1 is 1.25 bits per heavy atom. The van der Waals surface area contributed by atoms with Gasteiger partial charge in [-0.1, -0.05) is 25.1 Å². The summed E-state index contributed by atoms with van der Waals surface area (Å²) in [5, 5.41) is 0. The summed E-state index contributed by atoms with van der Waals surface area (Å²) in [5.74, 6) is -0.292. The van der Waals surface area contributed by atoms with Gasteiger partial charge in [0.2, 0.25) is 0 Å². The summed E-state index contributed by atoms with van der Waals surface area (Å²) in [6.07, 6.45) is 4.16. The lowest BCUT2D eigenvalue weighted by molar-refractivity contribution is -0.163. The summed E-state index contributed by atoms with van der Waals surface area (Å²) in [4.78, 5) is 0. The molecule has 1 aliphatic heterocycles. The highest BCUT2D eigenvalue weighted by atomic mass is 16.7. The van der Waals surface area contributed by atoms with Gasteiger partial charge in [-0.25, -0.2) is 0 Å². The van der Waals surface area contributed by atoms with Crippen molar-refractivity contribution in [2.24, 2.45) is 0 Å². The SMILES string of the molecule is CCc1cccc2c1CCC1(C2)OCCO1. The summed E-state index contributed by atoms with van der Waals surface area (Å²) >= 11 is 0.